The predicted octanol–water partition coefficient (Wildman–Crippen LogP) is 2.72. The van der Waals surface area contributed by atoms with Crippen LogP contribution in [0.15, 0.2) is 18.2 Å². The van der Waals surface area contributed by atoms with E-state index in [0.717, 1.165) is 24.3 Å². The summed E-state index contributed by atoms with van der Waals surface area (Å²) in [7, 11) is 0. The average Bonchev–Trinajstić information content (AvgIpc) is 2.24. The summed E-state index contributed by atoms with van der Waals surface area (Å²) in [6.07, 6.45) is 2.21. The number of rotatable bonds is 2. The van der Waals surface area contributed by atoms with Crippen molar-refractivity contribution in [2.24, 2.45) is 0 Å². The van der Waals surface area contributed by atoms with Crippen LogP contribution in [0.3, 0.4) is 0 Å². The van der Waals surface area contributed by atoms with Crippen molar-refractivity contribution in [2.75, 3.05) is 22.6 Å². The van der Waals surface area contributed by atoms with Crippen LogP contribution in [0.5, 0.6) is 0 Å². The van der Waals surface area contributed by atoms with Gasteiger partial charge in [0, 0.05) is 11.7 Å². The predicted molar refractivity (Wildman–Crippen MR) is 64.8 cm³/mol. The molecule has 1 aromatic rings. The Morgan fingerprint density at radius 3 is 2.73 bits per heavy atom. The van der Waals surface area contributed by atoms with Gasteiger partial charge in [-0.05, 0) is 42.5 Å². The summed E-state index contributed by atoms with van der Waals surface area (Å²) < 4.78 is 13.5. The molecule has 1 aliphatic rings. The van der Waals surface area contributed by atoms with E-state index in [1.54, 1.807) is 12.1 Å². The molecular weight excluding hydrogens is 211 g/mol. The minimum Gasteiger partial charge on any atom is -0.399 e. The van der Waals surface area contributed by atoms with Crippen molar-refractivity contribution in [3.05, 3.63) is 24.0 Å². The smallest absolute Gasteiger partial charge is 0.148 e. The zero-order valence-corrected chi connectivity index (χ0v) is 9.32. The first kappa shape index (κ1) is 10.6. The summed E-state index contributed by atoms with van der Waals surface area (Å²) in [5.74, 6) is 2.07. The Morgan fingerprint density at radius 2 is 2.07 bits per heavy atom. The number of nitrogens with one attached hydrogen (secondary N) is 1. The first-order valence-electron chi connectivity index (χ1n) is 5.15. The molecule has 2 rings (SSSR count). The lowest BCUT2D eigenvalue weighted by atomic mass is 10.1. The Hall–Kier alpha value is -0.900. The normalized spacial score (nSPS) is 17.7. The van der Waals surface area contributed by atoms with E-state index in [1.165, 1.54) is 6.07 Å². The molecule has 1 heterocycles. The third-order valence-electron chi connectivity index (χ3n) is 2.57. The Bertz CT molecular complexity index is 337. The zero-order valence-electron chi connectivity index (χ0n) is 8.50. The molecule has 1 aromatic carbocycles. The number of thioether (sulfide) groups is 1. The number of nitrogens with two attached hydrogens (primary N) is 1. The van der Waals surface area contributed by atoms with Crippen molar-refractivity contribution in [1.29, 1.82) is 0 Å². The van der Waals surface area contributed by atoms with Gasteiger partial charge in [0.2, 0.25) is 0 Å². The largest absolute Gasteiger partial charge is 0.399 e. The maximum Gasteiger partial charge on any atom is 0.148 e. The molecule has 1 fully saturated rings. The quantitative estimate of drug-likeness (QED) is 0.761. The minimum absolute atomic E-state index is 0.256. The molecule has 1 saturated heterocycles. The Morgan fingerprint density at radius 1 is 1.33 bits per heavy atom. The van der Waals surface area contributed by atoms with Crippen LogP contribution < -0.4 is 11.1 Å². The van der Waals surface area contributed by atoms with Gasteiger partial charge >= 0.3 is 0 Å². The Labute approximate surface area is 93.4 Å². The number of nitrogen functional groups attached to an aromatic ring is 1. The highest BCUT2D eigenvalue weighted by molar-refractivity contribution is 7.99. The fourth-order valence-electron chi connectivity index (χ4n) is 1.71. The molecule has 0 bridgehead atoms. The Kier molecular flexibility index (Phi) is 3.36. The monoisotopic (exact) mass is 226 g/mol. The molecule has 0 unspecified atom stereocenters. The highest BCUT2D eigenvalue weighted by atomic mass is 32.2. The van der Waals surface area contributed by atoms with Crippen LogP contribution in [0.1, 0.15) is 12.8 Å². The van der Waals surface area contributed by atoms with E-state index in [-0.39, 0.29) is 5.82 Å². The first-order chi connectivity index (χ1) is 7.25. The highest BCUT2D eigenvalue weighted by Crippen LogP contribution is 2.23. The SMILES string of the molecule is Nc1ccc(NC2CCSCC2)c(F)c1. The van der Waals surface area contributed by atoms with E-state index in [4.69, 9.17) is 5.73 Å². The van der Waals surface area contributed by atoms with Crippen molar-refractivity contribution < 1.29 is 4.39 Å². The molecule has 0 aromatic heterocycles. The summed E-state index contributed by atoms with van der Waals surface area (Å²) in [6, 6.07) is 5.21. The molecule has 2 nitrogen and oxygen atoms in total. The van der Waals surface area contributed by atoms with Gasteiger partial charge in [-0.3, -0.25) is 0 Å². The fourth-order valence-corrected chi connectivity index (χ4v) is 2.82. The lowest BCUT2D eigenvalue weighted by Gasteiger charge is -2.23. The maximum absolute atomic E-state index is 13.5. The van der Waals surface area contributed by atoms with Crippen LogP contribution in [-0.4, -0.2) is 17.5 Å². The number of benzene rings is 1. The van der Waals surface area contributed by atoms with E-state index in [0.29, 0.717) is 17.4 Å². The van der Waals surface area contributed by atoms with Gasteiger partial charge in [0.1, 0.15) is 5.82 Å². The Balaban J connectivity index is 2.03. The second-order valence-corrected chi connectivity index (χ2v) is 5.00. The molecule has 0 spiro atoms. The van der Waals surface area contributed by atoms with Crippen LogP contribution in [0.4, 0.5) is 15.8 Å². The van der Waals surface area contributed by atoms with Gasteiger partial charge in [-0.25, -0.2) is 4.39 Å². The summed E-state index contributed by atoms with van der Waals surface area (Å²) in [6.45, 7) is 0. The van der Waals surface area contributed by atoms with Gasteiger partial charge in [-0.2, -0.15) is 11.8 Å². The van der Waals surface area contributed by atoms with Crippen LogP contribution in [0, 0.1) is 5.82 Å². The fraction of sp³-hybridized carbons (Fsp3) is 0.455. The zero-order chi connectivity index (χ0) is 10.7. The van der Waals surface area contributed by atoms with Gasteiger partial charge in [-0.15, -0.1) is 0 Å². The third kappa shape index (κ3) is 2.78. The summed E-state index contributed by atoms with van der Waals surface area (Å²) >= 11 is 1.96. The summed E-state index contributed by atoms with van der Waals surface area (Å²) in [4.78, 5) is 0. The topological polar surface area (TPSA) is 38.0 Å². The molecular formula is C11H15FN2S. The van der Waals surface area contributed by atoms with E-state index in [9.17, 15) is 4.39 Å². The number of anilines is 2. The third-order valence-corrected chi connectivity index (χ3v) is 3.62. The van der Waals surface area contributed by atoms with Crippen LogP contribution in [-0.2, 0) is 0 Å². The van der Waals surface area contributed by atoms with Gasteiger partial charge in [0.25, 0.3) is 0 Å². The van der Waals surface area contributed by atoms with Crippen LogP contribution in [0.2, 0.25) is 0 Å². The molecule has 15 heavy (non-hydrogen) atoms. The first-order valence-corrected chi connectivity index (χ1v) is 6.30. The lowest BCUT2D eigenvalue weighted by molar-refractivity contribution is 0.615. The van der Waals surface area contributed by atoms with E-state index < -0.39 is 0 Å². The second-order valence-electron chi connectivity index (χ2n) is 3.77. The van der Waals surface area contributed by atoms with Crippen molar-refractivity contribution in [3.63, 3.8) is 0 Å². The van der Waals surface area contributed by atoms with Crippen molar-refractivity contribution >= 4 is 23.1 Å². The van der Waals surface area contributed by atoms with Crippen LogP contribution in [0.25, 0.3) is 0 Å². The maximum atomic E-state index is 13.5. The van der Waals surface area contributed by atoms with E-state index >= 15 is 0 Å². The molecule has 3 N–H and O–H groups in total. The minimum atomic E-state index is -0.256. The molecule has 4 heteroatoms. The molecule has 1 aliphatic heterocycles. The molecule has 0 aliphatic carbocycles. The van der Waals surface area contributed by atoms with E-state index in [1.807, 2.05) is 11.8 Å². The summed E-state index contributed by atoms with van der Waals surface area (Å²) in [5, 5.41) is 3.23. The van der Waals surface area contributed by atoms with Crippen LogP contribution >= 0.6 is 11.8 Å². The number of halogens is 1. The molecule has 0 amide bonds. The number of hydrogen-bond acceptors (Lipinski definition) is 3. The van der Waals surface area contributed by atoms with Gasteiger partial charge in [-0.1, -0.05) is 0 Å². The van der Waals surface area contributed by atoms with E-state index in [2.05, 4.69) is 5.32 Å². The molecule has 0 saturated carbocycles. The second kappa shape index (κ2) is 4.75. The molecule has 82 valence electrons. The van der Waals surface area contributed by atoms with Crippen molar-refractivity contribution in [3.8, 4) is 0 Å². The highest BCUT2D eigenvalue weighted by Gasteiger charge is 2.14. The van der Waals surface area contributed by atoms with Crippen molar-refractivity contribution in [2.45, 2.75) is 18.9 Å². The molecule has 0 atom stereocenters. The average molecular weight is 226 g/mol. The van der Waals surface area contributed by atoms with Gasteiger partial charge in [0.15, 0.2) is 0 Å². The van der Waals surface area contributed by atoms with Gasteiger partial charge < -0.3 is 11.1 Å². The van der Waals surface area contributed by atoms with Crippen molar-refractivity contribution in [1.82, 2.24) is 0 Å². The lowest BCUT2D eigenvalue weighted by Crippen LogP contribution is -2.24. The summed E-state index contributed by atoms with van der Waals surface area (Å²) in [5.41, 5.74) is 6.53. The standard InChI is InChI=1S/C11H15FN2S/c12-10-7-8(13)1-2-11(10)14-9-3-5-15-6-4-9/h1-2,7,9,14H,3-6,13H2. The van der Waals surface area contributed by atoms with Gasteiger partial charge in [0.05, 0.1) is 5.69 Å². The molecule has 0 radical (unpaired) electrons. The number of hydrogen-bond donors (Lipinski definition) is 2.